The van der Waals surface area contributed by atoms with Crippen LogP contribution < -0.4 is 5.32 Å². The zero-order valence-electron chi connectivity index (χ0n) is 9.28. The van der Waals surface area contributed by atoms with Crippen LogP contribution in [0, 0.1) is 0 Å². The summed E-state index contributed by atoms with van der Waals surface area (Å²) in [5.74, 6) is -0.908. The Morgan fingerprint density at radius 2 is 2.41 bits per heavy atom. The van der Waals surface area contributed by atoms with Crippen molar-refractivity contribution < 1.29 is 14.6 Å². The lowest BCUT2D eigenvalue weighted by molar-refractivity contribution is 0.0697. The molecule has 0 aliphatic carbocycles. The van der Waals surface area contributed by atoms with E-state index < -0.39 is 5.97 Å². The van der Waals surface area contributed by atoms with E-state index in [9.17, 15) is 4.79 Å². The van der Waals surface area contributed by atoms with Gasteiger partial charge in [0.25, 0.3) is 0 Å². The minimum Gasteiger partial charge on any atom is -0.478 e. The second kappa shape index (κ2) is 5.62. The van der Waals surface area contributed by atoms with Crippen molar-refractivity contribution in [2.45, 2.75) is 19.0 Å². The Labute approximate surface area is 108 Å². The molecule has 5 heteroatoms. The first-order valence-corrected chi connectivity index (χ1v) is 6.29. The molecule has 0 amide bonds. The maximum Gasteiger partial charge on any atom is 0.335 e. The smallest absolute Gasteiger partial charge is 0.335 e. The number of carbonyl (C=O) groups is 1. The predicted octanol–water partition coefficient (Wildman–Crippen LogP) is 2.03. The maximum atomic E-state index is 10.8. The van der Waals surface area contributed by atoms with Gasteiger partial charge < -0.3 is 15.2 Å². The summed E-state index contributed by atoms with van der Waals surface area (Å²) in [4.78, 5) is 10.8. The summed E-state index contributed by atoms with van der Waals surface area (Å²) in [6.45, 7) is 2.29. The molecule has 1 saturated heterocycles. The van der Waals surface area contributed by atoms with Crippen molar-refractivity contribution >= 4 is 21.9 Å². The average molecular weight is 300 g/mol. The highest BCUT2D eigenvalue weighted by Crippen LogP contribution is 2.19. The molecule has 1 aliphatic heterocycles. The van der Waals surface area contributed by atoms with Gasteiger partial charge in [0, 0.05) is 23.7 Å². The van der Waals surface area contributed by atoms with Crippen LogP contribution in [0.3, 0.4) is 0 Å². The molecule has 1 fully saturated rings. The number of carboxylic acid groups (broad SMARTS) is 1. The Bertz CT molecular complexity index is 416. The van der Waals surface area contributed by atoms with E-state index in [0.717, 1.165) is 29.7 Å². The molecule has 92 valence electrons. The first kappa shape index (κ1) is 12.5. The summed E-state index contributed by atoms with van der Waals surface area (Å²) in [5.41, 5.74) is 1.35. The molecule has 1 unspecified atom stereocenters. The molecule has 1 atom stereocenters. The molecule has 2 rings (SSSR count). The van der Waals surface area contributed by atoms with Crippen LogP contribution >= 0.6 is 15.9 Å². The normalized spacial score (nSPS) is 19.5. The summed E-state index contributed by atoms with van der Waals surface area (Å²) in [6, 6.07) is 5.48. The average Bonchev–Trinajstić information content (AvgIpc) is 2.80. The number of rotatable bonds is 4. The van der Waals surface area contributed by atoms with E-state index in [1.807, 2.05) is 6.07 Å². The van der Waals surface area contributed by atoms with Crippen LogP contribution in [0.2, 0.25) is 0 Å². The molecule has 0 aromatic heterocycles. The molecular weight excluding hydrogens is 286 g/mol. The fraction of sp³-hybridized carbons (Fsp3) is 0.417. The fourth-order valence-electron chi connectivity index (χ4n) is 1.77. The van der Waals surface area contributed by atoms with Gasteiger partial charge in [-0.1, -0.05) is 22.0 Å². The number of carboxylic acids is 1. The van der Waals surface area contributed by atoms with Gasteiger partial charge in [-0.2, -0.15) is 0 Å². The number of ether oxygens (including phenoxy) is 1. The number of hydrogen-bond acceptors (Lipinski definition) is 3. The van der Waals surface area contributed by atoms with Gasteiger partial charge in [0.15, 0.2) is 0 Å². The molecule has 1 heterocycles. The predicted molar refractivity (Wildman–Crippen MR) is 67.2 cm³/mol. The van der Waals surface area contributed by atoms with Crippen LogP contribution in [-0.2, 0) is 11.3 Å². The van der Waals surface area contributed by atoms with E-state index in [4.69, 9.17) is 9.84 Å². The zero-order chi connectivity index (χ0) is 12.3. The summed E-state index contributed by atoms with van der Waals surface area (Å²) in [5, 5.41) is 12.2. The van der Waals surface area contributed by atoms with E-state index in [-0.39, 0.29) is 0 Å². The Morgan fingerprint density at radius 1 is 1.59 bits per heavy atom. The Kier molecular flexibility index (Phi) is 4.15. The van der Waals surface area contributed by atoms with E-state index in [1.165, 1.54) is 0 Å². The lowest BCUT2D eigenvalue weighted by Crippen LogP contribution is -2.28. The number of aromatic carboxylic acids is 1. The standard InChI is InChI=1S/C12H14BrNO3/c13-11-5-8(12(15)16)1-2-9(11)6-14-10-3-4-17-7-10/h1-2,5,10,14H,3-4,6-7H2,(H,15,16). The SMILES string of the molecule is O=C(O)c1ccc(CNC2CCOC2)c(Br)c1. The van der Waals surface area contributed by atoms with Crippen LogP contribution in [-0.4, -0.2) is 30.3 Å². The molecule has 4 nitrogen and oxygen atoms in total. The molecular formula is C12H14BrNO3. The van der Waals surface area contributed by atoms with Crippen LogP contribution in [0.15, 0.2) is 22.7 Å². The van der Waals surface area contributed by atoms with Crippen molar-refractivity contribution in [1.29, 1.82) is 0 Å². The third kappa shape index (κ3) is 3.28. The van der Waals surface area contributed by atoms with E-state index in [0.29, 0.717) is 18.2 Å². The van der Waals surface area contributed by atoms with Crippen LogP contribution in [0.25, 0.3) is 0 Å². The number of benzene rings is 1. The summed E-state index contributed by atoms with van der Waals surface area (Å²) >= 11 is 3.39. The van der Waals surface area contributed by atoms with Gasteiger partial charge in [0.2, 0.25) is 0 Å². The number of nitrogens with one attached hydrogen (secondary N) is 1. The first-order valence-electron chi connectivity index (χ1n) is 5.49. The summed E-state index contributed by atoms with van der Waals surface area (Å²) in [7, 11) is 0. The molecule has 1 aromatic rings. The molecule has 17 heavy (non-hydrogen) atoms. The van der Waals surface area contributed by atoms with Crippen molar-refractivity contribution in [1.82, 2.24) is 5.32 Å². The lowest BCUT2D eigenvalue weighted by Gasteiger charge is -2.11. The molecule has 0 radical (unpaired) electrons. The highest BCUT2D eigenvalue weighted by molar-refractivity contribution is 9.10. The fourth-order valence-corrected chi connectivity index (χ4v) is 2.29. The third-order valence-electron chi connectivity index (χ3n) is 2.81. The van der Waals surface area contributed by atoms with Crippen molar-refractivity contribution in [2.75, 3.05) is 13.2 Å². The minimum absolute atomic E-state index is 0.296. The van der Waals surface area contributed by atoms with Crippen molar-refractivity contribution in [3.8, 4) is 0 Å². The lowest BCUT2D eigenvalue weighted by atomic mass is 10.1. The molecule has 1 aliphatic rings. The topological polar surface area (TPSA) is 58.6 Å². The molecule has 0 saturated carbocycles. The van der Waals surface area contributed by atoms with Gasteiger partial charge in [-0.25, -0.2) is 4.79 Å². The molecule has 0 spiro atoms. The maximum absolute atomic E-state index is 10.8. The van der Waals surface area contributed by atoms with Gasteiger partial charge in [-0.05, 0) is 24.1 Å². The number of halogens is 1. The Balaban J connectivity index is 1.98. The molecule has 1 aromatic carbocycles. The molecule has 2 N–H and O–H groups in total. The monoisotopic (exact) mass is 299 g/mol. The van der Waals surface area contributed by atoms with Gasteiger partial charge in [0.1, 0.15) is 0 Å². The number of hydrogen-bond donors (Lipinski definition) is 2. The van der Waals surface area contributed by atoms with E-state index in [1.54, 1.807) is 12.1 Å². The zero-order valence-corrected chi connectivity index (χ0v) is 10.9. The van der Waals surface area contributed by atoms with Gasteiger partial charge >= 0.3 is 5.97 Å². The molecule has 0 bridgehead atoms. The van der Waals surface area contributed by atoms with Crippen LogP contribution in [0.4, 0.5) is 0 Å². The van der Waals surface area contributed by atoms with Crippen LogP contribution in [0.5, 0.6) is 0 Å². The van der Waals surface area contributed by atoms with Crippen molar-refractivity contribution in [3.05, 3.63) is 33.8 Å². The van der Waals surface area contributed by atoms with Gasteiger partial charge in [-0.15, -0.1) is 0 Å². The highest BCUT2D eigenvalue weighted by Gasteiger charge is 2.15. The Hall–Kier alpha value is -0.910. The third-order valence-corrected chi connectivity index (χ3v) is 3.55. The summed E-state index contributed by atoms with van der Waals surface area (Å²) in [6.07, 6.45) is 1.03. The summed E-state index contributed by atoms with van der Waals surface area (Å²) < 4.78 is 6.10. The second-order valence-electron chi connectivity index (χ2n) is 4.05. The van der Waals surface area contributed by atoms with Crippen LogP contribution in [0.1, 0.15) is 22.3 Å². The van der Waals surface area contributed by atoms with E-state index in [2.05, 4.69) is 21.2 Å². The largest absolute Gasteiger partial charge is 0.478 e. The quantitative estimate of drug-likeness (QED) is 0.893. The Morgan fingerprint density at radius 3 is 3.00 bits per heavy atom. The highest BCUT2D eigenvalue weighted by atomic mass is 79.9. The van der Waals surface area contributed by atoms with Gasteiger partial charge in [0.05, 0.1) is 12.2 Å². The van der Waals surface area contributed by atoms with Crippen molar-refractivity contribution in [3.63, 3.8) is 0 Å². The second-order valence-corrected chi connectivity index (χ2v) is 4.91. The van der Waals surface area contributed by atoms with Crippen molar-refractivity contribution in [2.24, 2.45) is 0 Å². The minimum atomic E-state index is -0.908. The van der Waals surface area contributed by atoms with E-state index >= 15 is 0 Å². The van der Waals surface area contributed by atoms with Gasteiger partial charge in [-0.3, -0.25) is 0 Å². The first-order chi connectivity index (χ1) is 8.16.